The van der Waals surface area contributed by atoms with E-state index in [2.05, 4.69) is 15.3 Å². The van der Waals surface area contributed by atoms with Crippen LogP contribution in [0.5, 0.6) is 17.2 Å². The van der Waals surface area contributed by atoms with Crippen molar-refractivity contribution >= 4 is 44.0 Å². The number of sulfonamides is 1. The van der Waals surface area contributed by atoms with E-state index < -0.39 is 10.0 Å². The SMILES string of the molecule is COc1cc2c(Nc3cccc(O)c3Cl)ncnc2cc1OCCN(C)S(C)(=O)=O. The molecule has 0 spiro atoms. The fourth-order valence-corrected chi connectivity index (χ4v) is 3.21. The number of aromatic nitrogens is 2. The van der Waals surface area contributed by atoms with Crippen molar-refractivity contribution in [1.29, 1.82) is 0 Å². The number of hydrogen-bond acceptors (Lipinski definition) is 8. The molecular weight excluding hydrogens is 432 g/mol. The summed E-state index contributed by atoms with van der Waals surface area (Å²) in [5.41, 5.74) is 1.07. The quantitative estimate of drug-likeness (QED) is 0.536. The summed E-state index contributed by atoms with van der Waals surface area (Å²) >= 11 is 6.15. The second kappa shape index (κ2) is 8.90. The second-order valence-electron chi connectivity index (χ2n) is 6.44. The van der Waals surface area contributed by atoms with Crippen LogP contribution in [0.2, 0.25) is 5.02 Å². The van der Waals surface area contributed by atoms with Crippen LogP contribution in [0, 0.1) is 0 Å². The summed E-state index contributed by atoms with van der Waals surface area (Å²) in [4.78, 5) is 8.52. The van der Waals surface area contributed by atoms with Crippen LogP contribution in [0.3, 0.4) is 0 Å². The largest absolute Gasteiger partial charge is 0.506 e. The molecule has 160 valence electrons. The van der Waals surface area contributed by atoms with Crippen molar-refractivity contribution in [1.82, 2.24) is 14.3 Å². The Labute approximate surface area is 179 Å². The Bertz CT molecular complexity index is 1170. The Morgan fingerprint density at radius 3 is 2.70 bits per heavy atom. The van der Waals surface area contributed by atoms with E-state index in [-0.39, 0.29) is 23.9 Å². The van der Waals surface area contributed by atoms with E-state index in [0.717, 1.165) is 6.26 Å². The number of aromatic hydroxyl groups is 1. The number of nitrogens with zero attached hydrogens (tertiary/aromatic N) is 3. The molecule has 0 radical (unpaired) electrons. The zero-order valence-electron chi connectivity index (χ0n) is 16.6. The molecule has 9 nitrogen and oxygen atoms in total. The molecule has 0 aliphatic heterocycles. The molecule has 2 aromatic carbocycles. The molecule has 3 aromatic rings. The molecule has 3 rings (SSSR count). The lowest BCUT2D eigenvalue weighted by atomic mass is 10.2. The number of hydrogen-bond donors (Lipinski definition) is 2. The summed E-state index contributed by atoms with van der Waals surface area (Å²) < 4.78 is 35.3. The van der Waals surface area contributed by atoms with Gasteiger partial charge >= 0.3 is 0 Å². The maximum atomic E-state index is 11.5. The average molecular weight is 453 g/mol. The van der Waals surface area contributed by atoms with Gasteiger partial charge in [-0.2, -0.15) is 0 Å². The van der Waals surface area contributed by atoms with Gasteiger partial charge in [0, 0.05) is 25.0 Å². The zero-order valence-corrected chi connectivity index (χ0v) is 18.2. The number of phenolic OH excluding ortho intramolecular Hbond substituents is 1. The van der Waals surface area contributed by atoms with Gasteiger partial charge in [-0.25, -0.2) is 22.7 Å². The number of phenols is 1. The van der Waals surface area contributed by atoms with Crippen molar-refractivity contribution in [2.75, 3.05) is 38.9 Å². The molecule has 0 aliphatic carbocycles. The summed E-state index contributed by atoms with van der Waals surface area (Å²) in [6, 6.07) is 8.25. The molecule has 0 fully saturated rings. The van der Waals surface area contributed by atoms with Crippen molar-refractivity contribution in [3.05, 3.63) is 41.7 Å². The number of nitrogens with one attached hydrogen (secondary N) is 1. The maximum Gasteiger partial charge on any atom is 0.211 e. The van der Waals surface area contributed by atoms with Crippen molar-refractivity contribution in [2.24, 2.45) is 0 Å². The Morgan fingerprint density at radius 2 is 2.00 bits per heavy atom. The van der Waals surface area contributed by atoms with Crippen LogP contribution in [0.4, 0.5) is 11.5 Å². The van der Waals surface area contributed by atoms with Crippen LogP contribution in [0.25, 0.3) is 10.9 Å². The number of ether oxygens (including phenoxy) is 2. The van der Waals surface area contributed by atoms with Gasteiger partial charge in [0.05, 0.1) is 24.6 Å². The minimum Gasteiger partial charge on any atom is -0.506 e. The van der Waals surface area contributed by atoms with Gasteiger partial charge in [0.2, 0.25) is 10.0 Å². The van der Waals surface area contributed by atoms with Gasteiger partial charge in [-0.1, -0.05) is 17.7 Å². The van der Waals surface area contributed by atoms with Crippen LogP contribution in [0.15, 0.2) is 36.7 Å². The first-order valence-electron chi connectivity index (χ1n) is 8.82. The lowest BCUT2D eigenvalue weighted by Crippen LogP contribution is -2.29. The third-order valence-electron chi connectivity index (χ3n) is 4.38. The molecule has 0 aliphatic rings. The smallest absolute Gasteiger partial charge is 0.211 e. The number of anilines is 2. The van der Waals surface area contributed by atoms with E-state index in [0.29, 0.717) is 33.9 Å². The van der Waals surface area contributed by atoms with Crippen molar-refractivity contribution in [2.45, 2.75) is 0 Å². The van der Waals surface area contributed by atoms with Crippen molar-refractivity contribution in [3.63, 3.8) is 0 Å². The molecular formula is C19H21ClN4O5S. The van der Waals surface area contributed by atoms with E-state index in [4.69, 9.17) is 21.1 Å². The molecule has 2 N–H and O–H groups in total. The van der Waals surface area contributed by atoms with Gasteiger partial charge in [-0.15, -0.1) is 0 Å². The van der Waals surface area contributed by atoms with Crippen LogP contribution < -0.4 is 14.8 Å². The predicted molar refractivity (Wildman–Crippen MR) is 115 cm³/mol. The maximum absolute atomic E-state index is 11.5. The number of methoxy groups -OCH3 is 1. The molecule has 0 unspecified atom stereocenters. The fraction of sp³-hybridized carbons (Fsp3) is 0.263. The topological polar surface area (TPSA) is 114 Å². The number of benzene rings is 2. The Hall–Kier alpha value is -2.82. The summed E-state index contributed by atoms with van der Waals surface area (Å²) in [6.45, 7) is 0.327. The van der Waals surface area contributed by atoms with E-state index in [9.17, 15) is 13.5 Å². The van der Waals surface area contributed by atoms with Crippen molar-refractivity contribution in [3.8, 4) is 17.2 Å². The molecule has 0 atom stereocenters. The minimum atomic E-state index is -3.29. The molecule has 0 saturated carbocycles. The Morgan fingerprint density at radius 1 is 1.23 bits per heavy atom. The molecule has 0 saturated heterocycles. The first-order chi connectivity index (χ1) is 14.2. The highest BCUT2D eigenvalue weighted by atomic mass is 35.5. The monoisotopic (exact) mass is 452 g/mol. The summed E-state index contributed by atoms with van der Waals surface area (Å²) in [5.74, 6) is 1.28. The van der Waals surface area contributed by atoms with E-state index in [1.807, 2.05) is 0 Å². The van der Waals surface area contributed by atoms with Gasteiger partial charge in [0.15, 0.2) is 11.5 Å². The van der Waals surface area contributed by atoms with Crippen LogP contribution in [0.1, 0.15) is 0 Å². The highest BCUT2D eigenvalue weighted by Gasteiger charge is 2.15. The van der Waals surface area contributed by atoms with E-state index >= 15 is 0 Å². The summed E-state index contributed by atoms with van der Waals surface area (Å²) in [5, 5.41) is 13.7. The predicted octanol–water partition coefficient (Wildman–Crippen LogP) is 3.01. The Balaban J connectivity index is 1.89. The lowest BCUT2D eigenvalue weighted by Gasteiger charge is -2.17. The highest BCUT2D eigenvalue weighted by molar-refractivity contribution is 7.88. The van der Waals surface area contributed by atoms with Crippen LogP contribution >= 0.6 is 11.6 Å². The highest BCUT2D eigenvalue weighted by Crippen LogP contribution is 2.37. The van der Waals surface area contributed by atoms with Crippen molar-refractivity contribution < 1.29 is 23.0 Å². The van der Waals surface area contributed by atoms with Crippen LogP contribution in [-0.2, 0) is 10.0 Å². The zero-order chi connectivity index (χ0) is 21.9. The van der Waals surface area contributed by atoms with Gasteiger partial charge in [-0.05, 0) is 18.2 Å². The van der Waals surface area contributed by atoms with Gasteiger partial charge in [0.25, 0.3) is 0 Å². The van der Waals surface area contributed by atoms with E-state index in [1.54, 1.807) is 24.3 Å². The molecule has 1 aromatic heterocycles. The first-order valence-corrected chi connectivity index (χ1v) is 11.0. The number of likely N-dealkylation sites (N-methyl/N-ethyl adjacent to an activating group) is 1. The number of rotatable bonds is 8. The average Bonchev–Trinajstić information content (AvgIpc) is 2.70. The van der Waals surface area contributed by atoms with E-state index in [1.165, 1.54) is 30.9 Å². The fourth-order valence-electron chi connectivity index (χ4n) is 2.63. The Kier molecular flexibility index (Phi) is 6.49. The minimum absolute atomic E-state index is 0.0487. The van der Waals surface area contributed by atoms with Gasteiger partial charge in [0.1, 0.15) is 29.5 Å². The molecule has 1 heterocycles. The second-order valence-corrected chi connectivity index (χ2v) is 8.91. The molecule has 11 heteroatoms. The summed E-state index contributed by atoms with van der Waals surface area (Å²) in [7, 11) is -0.305. The molecule has 30 heavy (non-hydrogen) atoms. The lowest BCUT2D eigenvalue weighted by molar-refractivity contribution is 0.272. The summed E-state index contributed by atoms with van der Waals surface area (Å²) in [6.07, 6.45) is 2.52. The molecule has 0 bridgehead atoms. The third kappa shape index (κ3) is 4.84. The standard InChI is InChI=1S/C19H21ClN4O5S/c1-24(30(3,26)27)7-8-29-17-10-14-12(9-16(17)28-2)19(22-11-21-14)23-13-5-4-6-15(25)18(13)20/h4-6,9-11,25H,7-8H2,1-3H3,(H,21,22,23). The van der Waals surface area contributed by atoms with Gasteiger partial charge < -0.3 is 19.9 Å². The number of fused-ring (bicyclic) bond motifs is 1. The van der Waals surface area contributed by atoms with Crippen LogP contribution in [-0.4, -0.2) is 61.4 Å². The molecule has 0 amide bonds. The number of halogens is 1. The normalized spacial score (nSPS) is 11.6. The van der Waals surface area contributed by atoms with Gasteiger partial charge in [-0.3, -0.25) is 0 Å². The first kappa shape index (κ1) is 21.9. The third-order valence-corrected chi connectivity index (χ3v) is 6.09.